The van der Waals surface area contributed by atoms with Gasteiger partial charge in [0.2, 0.25) is 0 Å². The number of aromatic amines is 1. The van der Waals surface area contributed by atoms with Crippen LogP contribution in [0.25, 0.3) is 11.0 Å². The summed E-state index contributed by atoms with van der Waals surface area (Å²) in [5.74, 6) is 0. The molecule has 0 fully saturated rings. The molecule has 0 aliphatic carbocycles. The number of aromatic nitrogens is 3. The molecule has 1 N–H and O–H groups in total. The fraction of sp³-hybridized carbons (Fsp3) is 0.0909. The first kappa shape index (κ1) is 9.74. The number of imidazole rings is 1. The standard InChI is InChI=1S/C11H9N3S2/c15-11-13-8-3-1-2-4-9(8)14(11)7-10-12-5-6-16-10/h1-6H,7H2,(H,13,15). The van der Waals surface area contributed by atoms with E-state index < -0.39 is 0 Å². The molecule has 0 unspecified atom stereocenters. The lowest BCUT2D eigenvalue weighted by atomic mass is 10.3. The fourth-order valence-corrected chi connectivity index (χ4v) is 2.61. The van der Waals surface area contributed by atoms with Gasteiger partial charge >= 0.3 is 0 Å². The van der Waals surface area contributed by atoms with Crippen molar-refractivity contribution in [2.45, 2.75) is 6.54 Å². The Balaban J connectivity index is 2.16. The first-order chi connectivity index (χ1) is 7.84. The van der Waals surface area contributed by atoms with E-state index in [1.54, 1.807) is 11.3 Å². The molecule has 0 aliphatic heterocycles. The lowest BCUT2D eigenvalue weighted by Gasteiger charge is -2.00. The smallest absolute Gasteiger partial charge is 0.178 e. The quantitative estimate of drug-likeness (QED) is 0.705. The highest BCUT2D eigenvalue weighted by Gasteiger charge is 2.05. The summed E-state index contributed by atoms with van der Waals surface area (Å²) in [5, 5.41) is 3.05. The minimum Gasteiger partial charge on any atom is -0.331 e. The third-order valence-electron chi connectivity index (χ3n) is 2.46. The summed E-state index contributed by atoms with van der Waals surface area (Å²) < 4.78 is 2.82. The van der Waals surface area contributed by atoms with E-state index in [0.29, 0.717) is 0 Å². The van der Waals surface area contributed by atoms with E-state index in [1.165, 1.54) is 0 Å². The van der Waals surface area contributed by atoms with Crippen molar-refractivity contribution in [2.75, 3.05) is 0 Å². The molecule has 0 bridgehead atoms. The molecule has 3 aromatic rings. The third kappa shape index (κ3) is 1.58. The zero-order valence-corrected chi connectivity index (χ0v) is 10.0. The summed E-state index contributed by atoms with van der Waals surface area (Å²) in [6, 6.07) is 8.11. The highest BCUT2D eigenvalue weighted by atomic mass is 32.1. The largest absolute Gasteiger partial charge is 0.331 e. The molecule has 3 nitrogen and oxygen atoms in total. The van der Waals surface area contributed by atoms with Crippen LogP contribution < -0.4 is 0 Å². The second-order valence-corrected chi connectivity index (χ2v) is 4.83. The van der Waals surface area contributed by atoms with Crippen LogP contribution in [0, 0.1) is 4.77 Å². The van der Waals surface area contributed by atoms with Gasteiger partial charge < -0.3 is 9.55 Å². The summed E-state index contributed by atoms with van der Waals surface area (Å²) in [5.41, 5.74) is 2.20. The maximum atomic E-state index is 5.31. The molecular weight excluding hydrogens is 238 g/mol. The van der Waals surface area contributed by atoms with Gasteiger partial charge in [-0.3, -0.25) is 0 Å². The normalized spacial score (nSPS) is 11.0. The molecule has 2 heterocycles. The average Bonchev–Trinajstić information content (AvgIpc) is 2.89. The number of nitrogens with zero attached hydrogens (tertiary/aromatic N) is 2. The molecule has 0 atom stereocenters. The third-order valence-corrected chi connectivity index (χ3v) is 3.55. The summed E-state index contributed by atoms with van der Waals surface area (Å²) in [4.78, 5) is 7.47. The second kappa shape index (κ2) is 3.84. The molecule has 0 saturated heterocycles. The van der Waals surface area contributed by atoms with Crippen molar-refractivity contribution in [3.63, 3.8) is 0 Å². The Kier molecular flexibility index (Phi) is 2.34. The van der Waals surface area contributed by atoms with Crippen LogP contribution in [0.1, 0.15) is 5.01 Å². The van der Waals surface area contributed by atoms with Crippen molar-refractivity contribution < 1.29 is 0 Å². The minimum absolute atomic E-state index is 0.737. The molecule has 3 rings (SSSR count). The van der Waals surface area contributed by atoms with E-state index >= 15 is 0 Å². The first-order valence-electron chi connectivity index (χ1n) is 4.90. The van der Waals surface area contributed by atoms with Gasteiger partial charge in [0.25, 0.3) is 0 Å². The Morgan fingerprint density at radius 3 is 3.06 bits per heavy atom. The van der Waals surface area contributed by atoms with E-state index in [0.717, 1.165) is 27.4 Å². The maximum Gasteiger partial charge on any atom is 0.178 e. The molecule has 0 amide bonds. The summed E-state index contributed by atoms with van der Waals surface area (Å²) >= 11 is 6.96. The molecule has 0 saturated carbocycles. The van der Waals surface area contributed by atoms with Crippen molar-refractivity contribution in [3.05, 3.63) is 45.6 Å². The molecular formula is C11H9N3S2. The highest BCUT2D eigenvalue weighted by molar-refractivity contribution is 7.71. The number of H-pyrrole nitrogens is 1. The molecule has 2 aromatic heterocycles. The Labute approximate surface area is 101 Å². The molecule has 16 heavy (non-hydrogen) atoms. The van der Waals surface area contributed by atoms with Crippen molar-refractivity contribution in [1.29, 1.82) is 0 Å². The van der Waals surface area contributed by atoms with Gasteiger partial charge in [-0.15, -0.1) is 11.3 Å². The molecule has 0 aliphatic rings. The second-order valence-electron chi connectivity index (χ2n) is 3.46. The van der Waals surface area contributed by atoms with Crippen molar-refractivity contribution in [1.82, 2.24) is 14.5 Å². The van der Waals surface area contributed by atoms with E-state index in [9.17, 15) is 0 Å². The number of nitrogens with one attached hydrogen (secondary N) is 1. The van der Waals surface area contributed by atoms with Crippen LogP contribution in [-0.2, 0) is 6.54 Å². The number of hydrogen-bond donors (Lipinski definition) is 1. The van der Waals surface area contributed by atoms with Crippen molar-refractivity contribution in [3.8, 4) is 0 Å². The van der Waals surface area contributed by atoms with E-state index in [1.807, 2.05) is 29.8 Å². The zero-order chi connectivity index (χ0) is 11.0. The number of rotatable bonds is 2. The highest BCUT2D eigenvalue weighted by Crippen LogP contribution is 2.16. The SMILES string of the molecule is S=c1[nH]c2ccccc2n1Cc1nccs1. The Morgan fingerprint density at radius 2 is 2.25 bits per heavy atom. The van der Waals surface area contributed by atoms with Gasteiger partial charge in [0.15, 0.2) is 4.77 Å². The van der Waals surface area contributed by atoms with Gasteiger partial charge in [-0.05, 0) is 24.4 Å². The van der Waals surface area contributed by atoms with Crippen LogP contribution in [0.15, 0.2) is 35.8 Å². The lowest BCUT2D eigenvalue weighted by Crippen LogP contribution is -1.98. The van der Waals surface area contributed by atoms with Gasteiger partial charge in [-0.1, -0.05) is 12.1 Å². The topological polar surface area (TPSA) is 33.6 Å². The predicted octanol–water partition coefficient (Wildman–Crippen LogP) is 3.20. The van der Waals surface area contributed by atoms with Gasteiger partial charge in [-0.2, -0.15) is 0 Å². The van der Waals surface area contributed by atoms with Crippen molar-refractivity contribution >= 4 is 34.6 Å². The molecule has 0 spiro atoms. The Morgan fingerprint density at radius 1 is 1.38 bits per heavy atom. The fourth-order valence-electron chi connectivity index (χ4n) is 1.73. The van der Waals surface area contributed by atoms with E-state index in [4.69, 9.17) is 12.2 Å². The molecule has 1 aromatic carbocycles. The van der Waals surface area contributed by atoms with Crippen LogP contribution in [0.2, 0.25) is 0 Å². The summed E-state index contributed by atoms with van der Waals surface area (Å²) in [6.07, 6.45) is 1.82. The minimum atomic E-state index is 0.737. The van der Waals surface area contributed by atoms with Crippen LogP contribution in [-0.4, -0.2) is 14.5 Å². The van der Waals surface area contributed by atoms with Crippen LogP contribution in [0.3, 0.4) is 0 Å². The Hall–Kier alpha value is -1.46. The Bertz CT molecular complexity index is 664. The van der Waals surface area contributed by atoms with Gasteiger partial charge in [0, 0.05) is 11.6 Å². The van der Waals surface area contributed by atoms with Gasteiger partial charge in [-0.25, -0.2) is 4.98 Å². The molecule has 80 valence electrons. The summed E-state index contributed by atoms with van der Waals surface area (Å²) in [7, 11) is 0. The van der Waals surface area contributed by atoms with Crippen LogP contribution >= 0.6 is 23.6 Å². The summed E-state index contributed by atoms with van der Waals surface area (Å²) in [6.45, 7) is 0.737. The maximum absolute atomic E-state index is 5.31. The number of benzene rings is 1. The van der Waals surface area contributed by atoms with Gasteiger partial charge in [0.1, 0.15) is 5.01 Å². The number of thiazole rings is 1. The predicted molar refractivity (Wildman–Crippen MR) is 68.3 cm³/mol. The van der Waals surface area contributed by atoms with E-state index in [2.05, 4.69) is 20.6 Å². The molecule has 0 radical (unpaired) electrons. The molecule has 5 heteroatoms. The van der Waals surface area contributed by atoms with Gasteiger partial charge in [0.05, 0.1) is 17.6 Å². The average molecular weight is 247 g/mol. The lowest BCUT2D eigenvalue weighted by molar-refractivity contribution is 0.803. The monoisotopic (exact) mass is 247 g/mol. The van der Waals surface area contributed by atoms with Crippen LogP contribution in [0.4, 0.5) is 0 Å². The van der Waals surface area contributed by atoms with E-state index in [-0.39, 0.29) is 0 Å². The van der Waals surface area contributed by atoms with Crippen LogP contribution in [0.5, 0.6) is 0 Å². The number of para-hydroxylation sites is 2. The zero-order valence-electron chi connectivity index (χ0n) is 8.38. The number of hydrogen-bond acceptors (Lipinski definition) is 3. The number of fused-ring (bicyclic) bond motifs is 1. The van der Waals surface area contributed by atoms with Crippen molar-refractivity contribution in [2.24, 2.45) is 0 Å². The first-order valence-corrected chi connectivity index (χ1v) is 6.19.